The van der Waals surface area contributed by atoms with E-state index in [4.69, 9.17) is 11.6 Å². The highest BCUT2D eigenvalue weighted by Crippen LogP contribution is 2.18. The Kier molecular flexibility index (Phi) is 4.19. The van der Waals surface area contributed by atoms with Gasteiger partial charge in [-0.2, -0.15) is 0 Å². The van der Waals surface area contributed by atoms with Crippen molar-refractivity contribution in [2.45, 2.75) is 24.9 Å². The van der Waals surface area contributed by atoms with Crippen molar-refractivity contribution in [3.63, 3.8) is 0 Å². The van der Waals surface area contributed by atoms with E-state index in [1.54, 1.807) is 13.0 Å². The first kappa shape index (κ1) is 13.7. The molecular weight excluding hydrogens is 274 g/mol. The molecule has 0 spiro atoms. The summed E-state index contributed by atoms with van der Waals surface area (Å²) in [7, 11) is -3.45. The Hall–Kier alpha value is -0.720. The summed E-state index contributed by atoms with van der Waals surface area (Å²) in [5, 5.41) is 3.22. The molecule has 0 saturated carbocycles. The molecule has 2 heterocycles. The smallest absolute Gasteiger partial charge is 0.248 e. The highest BCUT2D eigenvalue weighted by atomic mass is 35.5. The van der Waals surface area contributed by atoms with E-state index in [9.17, 15) is 8.42 Å². The number of piperidine rings is 1. The zero-order valence-electron chi connectivity index (χ0n) is 10.2. The van der Waals surface area contributed by atoms with Gasteiger partial charge in [-0.05, 0) is 44.8 Å². The Balaban J connectivity index is 2.19. The fraction of sp³-hybridized carbons (Fsp3) is 0.636. The number of rotatable bonds is 3. The molecule has 1 fully saturated rings. The number of aromatic nitrogens is 2. The second kappa shape index (κ2) is 5.50. The lowest BCUT2D eigenvalue weighted by Crippen LogP contribution is -2.34. The molecule has 0 aliphatic carbocycles. The second-order valence-electron chi connectivity index (χ2n) is 4.61. The minimum Gasteiger partial charge on any atom is -0.316 e. The Morgan fingerprint density at radius 3 is 2.89 bits per heavy atom. The molecule has 0 amide bonds. The highest BCUT2D eigenvalue weighted by Gasteiger charge is 2.25. The van der Waals surface area contributed by atoms with Gasteiger partial charge in [0, 0.05) is 5.69 Å². The third-order valence-corrected chi connectivity index (χ3v) is 4.78. The molecule has 1 aromatic rings. The average Bonchev–Trinajstić information content (AvgIpc) is 2.28. The van der Waals surface area contributed by atoms with Crippen molar-refractivity contribution in [1.29, 1.82) is 0 Å². The van der Waals surface area contributed by atoms with E-state index in [2.05, 4.69) is 15.3 Å². The second-order valence-corrected chi connectivity index (χ2v) is 6.92. The minimum absolute atomic E-state index is 0.0831. The van der Waals surface area contributed by atoms with Crippen LogP contribution in [-0.4, -0.2) is 37.2 Å². The number of hydrogen-bond acceptors (Lipinski definition) is 5. The number of aryl methyl sites for hydroxylation is 1. The largest absolute Gasteiger partial charge is 0.316 e. The third kappa shape index (κ3) is 3.40. The molecule has 2 rings (SSSR count). The zero-order chi connectivity index (χ0) is 13.2. The molecular formula is C11H16ClN3O2S. The summed E-state index contributed by atoms with van der Waals surface area (Å²) in [4.78, 5) is 7.78. The number of sulfone groups is 1. The van der Waals surface area contributed by atoms with E-state index < -0.39 is 9.84 Å². The van der Waals surface area contributed by atoms with Crippen LogP contribution in [0.5, 0.6) is 0 Å². The van der Waals surface area contributed by atoms with Crippen molar-refractivity contribution < 1.29 is 8.42 Å². The van der Waals surface area contributed by atoms with Gasteiger partial charge >= 0.3 is 0 Å². The molecule has 1 aromatic heterocycles. The van der Waals surface area contributed by atoms with Gasteiger partial charge in [-0.15, -0.1) is 0 Å². The van der Waals surface area contributed by atoms with Gasteiger partial charge in [0.25, 0.3) is 0 Å². The maximum absolute atomic E-state index is 12.2. The van der Waals surface area contributed by atoms with Crippen LogP contribution in [0.2, 0.25) is 5.15 Å². The van der Waals surface area contributed by atoms with Gasteiger partial charge in [-0.25, -0.2) is 18.4 Å². The van der Waals surface area contributed by atoms with Gasteiger partial charge in [0.05, 0.1) is 5.75 Å². The molecule has 1 atom stereocenters. The molecule has 0 radical (unpaired) electrons. The molecule has 1 aliphatic heterocycles. The monoisotopic (exact) mass is 289 g/mol. The first-order chi connectivity index (χ1) is 8.47. The van der Waals surface area contributed by atoms with E-state index in [1.807, 2.05) is 0 Å². The number of nitrogens with one attached hydrogen (secondary N) is 1. The van der Waals surface area contributed by atoms with Crippen molar-refractivity contribution in [3.8, 4) is 0 Å². The Labute approximate surface area is 112 Å². The molecule has 0 bridgehead atoms. The summed E-state index contributed by atoms with van der Waals surface area (Å²) < 4.78 is 24.4. The fourth-order valence-electron chi connectivity index (χ4n) is 2.09. The zero-order valence-corrected chi connectivity index (χ0v) is 11.8. The van der Waals surface area contributed by atoms with E-state index in [0.717, 1.165) is 25.9 Å². The van der Waals surface area contributed by atoms with Crippen LogP contribution < -0.4 is 5.32 Å². The SMILES string of the molecule is Cc1cc(Cl)nc(S(=O)(=O)C[C@H]2CCCNC2)n1. The average molecular weight is 290 g/mol. The molecule has 1 N–H and O–H groups in total. The Morgan fingerprint density at radius 1 is 1.50 bits per heavy atom. The molecule has 100 valence electrons. The maximum Gasteiger partial charge on any atom is 0.248 e. The van der Waals surface area contributed by atoms with Crippen LogP contribution in [0, 0.1) is 12.8 Å². The summed E-state index contributed by atoms with van der Waals surface area (Å²) in [6.07, 6.45) is 1.93. The molecule has 18 heavy (non-hydrogen) atoms. The van der Waals surface area contributed by atoms with Crippen LogP contribution in [0.25, 0.3) is 0 Å². The molecule has 5 nitrogen and oxygen atoms in total. The van der Waals surface area contributed by atoms with E-state index >= 15 is 0 Å². The Morgan fingerprint density at radius 2 is 2.28 bits per heavy atom. The van der Waals surface area contributed by atoms with Gasteiger partial charge in [0.2, 0.25) is 15.0 Å². The molecule has 0 aromatic carbocycles. The molecule has 1 aliphatic rings. The van der Waals surface area contributed by atoms with Crippen LogP contribution in [0.1, 0.15) is 18.5 Å². The maximum atomic E-state index is 12.2. The lowest BCUT2D eigenvalue weighted by Gasteiger charge is -2.22. The van der Waals surface area contributed by atoms with E-state index in [1.165, 1.54) is 0 Å². The number of nitrogens with zero attached hydrogens (tertiary/aromatic N) is 2. The predicted molar refractivity (Wildman–Crippen MR) is 69.4 cm³/mol. The quantitative estimate of drug-likeness (QED) is 0.669. The number of halogens is 1. The fourth-order valence-corrected chi connectivity index (χ4v) is 3.96. The lowest BCUT2D eigenvalue weighted by atomic mass is 10.0. The van der Waals surface area contributed by atoms with Crippen LogP contribution in [0.15, 0.2) is 11.2 Å². The van der Waals surface area contributed by atoms with Gasteiger partial charge in [0.1, 0.15) is 5.15 Å². The van der Waals surface area contributed by atoms with Crippen LogP contribution in [0.4, 0.5) is 0 Å². The first-order valence-corrected chi connectivity index (χ1v) is 7.95. The van der Waals surface area contributed by atoms with Crippen molar-refractivity contribution in [2.75, 3.05) is 18.8 Å². The topological polar surface area (TPSA) is 72.0 Å². The normalized spacial score (nSPS) is 20.9. The molecule has 7 heteroatoms. The van der Waals surface area contributed by atoms with Crippen LogP contribution in [0.3, 0.4) is 0 Å². The van der Waals surface area contributed by atoms with Crippen LogP contribution in [-0.2, 0) is 9.84 Å². The standard InChI is InChI=1S/C11H16ClN3O2S/c1-8-5-10(12)15-11(14-8)18(16,17)7-9-3-2-4-13-6-9/h5,9,13H,2-4,6-7H2,1H3/t9-/m0/s1. The van der Waals surface area contributed by atoms with Gasteiger partial charge in [0.15, 0.2) is 0 Å². The van der Waals surface area contributed by atoms with Crippen molar-refractivity contribution >= 4 is 21.4 Å². The molecule has 1 saturated heterocycles. The summed E-state index contributed by atoms with van der Waals surface area (Å²) >= 11 is 5.77. The van der Waals surface area contributed by atoms with Crippen LogP contribution >= 0.6 is 11.6 Å². The summed E-state index contributed by atoms with van der Waals surface area (Å²) in [5.41, 5.74) is 0.565. The number of hydrogen-bond donors (Lipinski definition) is 1. The predicted octanol–water partition coefficient (Wildman–Crippen LogP) is 1.21. The van der Waals surface area contributed by atoms with Gasteiger partial charge in [-0.3, -0.25) is 0 Å². The molecule has 0 unspecified atom stereocenters. The summed E-state index contributed by atoms with van der Waals surface area (Å²) in [5.74, 6) is 0.214. The first-order valence-electron chi connectivity index (χ1n) is 5.92. The van der Waals surface area contributed by atoms with Crippen molar-refractivity contribution in [2.24, 2.45) is 5.92 Å². The summed E-state index contributed by atoms with van der Waals surface area (Å²) in [6, 6.07) is 1.54. The minimum atomic E-state index is -3.45. The van der Waals surface area contributed by atoms with E-state index in [0.29, 0.717) is 5.69 Å². The summed E-state index contributed by atoms with van der Waals surface area (Å²) in [6.45, 7) is 3.40. The van der Waals surface area contributed by atoms with Gasteiger partial charge in [-0.1, -0.05) is 11.6 Å². The van der Waals surface area contributed by atoms with Gasteiger partial charge < -0.3 is 5.32 Å². The lowest BCUT2D eigenvalue weighted by molar-refractivity contribution is 0.403. The highest BCUT2D eigenvalue weighted by molar-refractivity contribution is 7.91. The van der Waals surface area contributed by atoms with E-state index in [-0.39, 0.29) is 22.0 Å². The van der Waals surface area contributed by atoms with Crippen molar-refractivity contribution in [1.82, 2.24) is 15.3 Å². The van der Waals surface area contributed by atoms with Crippen molar-refractivity contribution in [3.05, 3.63) is 16.9 Å². The Bertz CT molecular complexity index is 507. The third-order valence-electron chi connectivity index (χ3n) is 2.93.